The number of carbonyl (C=O) groups excluding carboxylic acids is 2. The molecule has 0 atom stereocenters. The first-order valence-corrected chi connectivity index (χ1v) is 11.8. The van der Waals surface area contributed by atoms with Gasteiger partial charge in [-0.15, -0.1) is 11.8 Å². The Hall–Kier alpha value is -2.83. The molecule has 4 aromatic rings. The van der Waals surface area contributed by atoms with Crippen LogP contribution in [-0.4, -0.2) is 20.3 Å². The number of ketones is 2. The molecule has 0 fully saturated rings. The molecule has 1 aliphatic rings. The molecule has 0 spiro atoms. The van der Waals surface area contributed by atoms with Crippen molar-refractivity contribution in [2.24, 2.45) is 0 Å². The minimum Gasteiger partial charge on any atom is -0.289 e. The van der Waals surface area contributed by atoms with Crippen molar-refractivity contribution < 1.29 is 9.59 Å². The summed E-state index contributed by atoms with van der Waals surface area (Å²) in [5.74, 6) is 0.461. The standard InChI is InChI=1S/C25H20N2O2S2/c1-25(2,3)15-10-8-14(9-11-15)13-30-19-12-18-20(22-21(19)26-31-27-22)24(29)17-7-5-4-6-16(17)23(18)28/h4-12H,13H2,1-3H3. The normalized spacial score (nSPS) is 13.4. The third kappa shape index (κ3) is 3.40. The molecule has 0 bridgehead atoms. The summed E-state index contributed by atoms with van der Waals surface area (Å²) < 4.78 is 8.84. The highest BCUT2D eigenvalue weighted by Gasteiger charge is 2.33. The number of aromatic nitrogens is 2. The average Bonchev–Trinajstić information content (AvgIpc) is 3.25. The van der Waals surface area contributed by atoms with Gasteiger partial charge in [-0.2, -0.15) is 8.75 Å². The summed E-state index contributed by atoms with van der Waals surface area (Å²) in [6.45, 7) is 6.60. The zero-order valence-corrected chi connectivity index (χ0v) is 19.1. The molecule has 0 aliphatic heterocycles. The number of thioether (sulfide) groups is 1. The lowest BCUT2D eigenvalue weighted by Gasteiger charge is -2.19. The van der Waals surface area contributed by atoms with Gasteiger partial charge in [0.15, 0.2) is 11.6 Å². The van der Waals surface area contributed by atoms with Crippen molar-refractivity contribution in [2.45, 2.75) is 36.8 Å². The van der Waals surface area contributed by atoms with Gasteiger partial charge in [-0.1, -0.05) is 69.3 Å². The molecule has 31 heavy (non-hydrogen) atoms. The van der Waals surface area contributed by atoms with Crippen LogP contribution in [0.3, 0.4) is 0 Å². The van der Waals surface area contributed by atoms with Gasteiger partial charge in [-0.05, 0) is 22.6 Å². The fourth-order valence-electron chi connectivity index (χ4n) is 3.85. The van der Waals surface area contributed by atoms with E-state index in [1.807, 2.05) is 6.07 Å². The van der Waals surface area contributed by atoms with Crippen LogP contribution in [0.4, 0.5) is 0 Å². The molecule has 154 valence electrons. The first-order chi connectivity index (χ1) is 14.8. The summed E-state index contributed by atoms with van der Waals surface area (Å²) in [4.78, 5) is 27.2. The number of nitrogens with zero attached hydrogens (tertiary/aromatic N) is 2. The Labute approximate surface area is 189 Å². The fraction of sp³-hybridized carbons (Fsp3) is 0.200. The van der Waals surface area contributed by atoms with Gasteiger partial charge in [0.05, 0.1) is 17.3 Å². The lowest BCUT2D eigenvalue weighted by Crippen LogP contribution is -2.21. The van der Waals surface area contributed by atoms with E-state index in [4.69, 9.17) is 0 Å². The van der Waals surface area contributed by atoms with Gasteiger partial charge in [-0.25, -0.2) is 0 Å². The first kappa shape index (κ1) is 20.1. The zero-order valence-electron chi connectivity index (χ0n) is 17.4. The van der Waals surface area contributed by atoms with Crippen LogP contribution in [0, 0.1) is 0 Å². The van der Waals surface area contributed by atoms with Crippen molar-refractivity contribution in [2.75, 3.05) is 0 Å². The second-order valence-corrected chi connectivity index (χ2v) is 10.2. The van der Waals surface area contributed by atoms with E-state index in [1.54, 1.807) is 36.0 Å². The predicted octanol–water partition coefficient (Wildman–Crippen LogP) is 6.06. The maximum absolute atomic E-state index is 13.2. The second-order valence-electron chi connectivity index (χ2n) is 8.70. The van der Waals surface area contributed by atoms with Crippen LogP contribution in [0.25, 0.3) is 11.0 Å². The van der Waals surface area contributed by atoms with E-state index < -0.39 is 0 Å². The molecule has 1 aromatic heterocycles. The van der Waals surface area contributed by atoms with E-state index in [0.29, 0.717) is 33.3 Å². The topological polar surface area (TPSA) is 59.9 Å². The number of benzene rings is 3. The summed E-state index contributed by atoms with van der Waals surface area (Å²) in [5.41, 5.74) is 5.53. The van der Waals surface area contributed by atoms with Gasteiger partial charge in [0.2, 0.25) is 0 Å². The average molecular weight is 445 g/mol. The first-order valence-electron chi connectivity index (χ1n) is 10.0. The Morgan fingerprint density at radius 1 is 0.839 bits per heavy atom. The van der Waals surface area contributed by atoms with Gasteiger partial charge >= 0.3 is 0 Å². The summed E-state index contributed by atoms with van der Waals surface area (Å²) in [5, 5.41) is 0. The van der Waals surface area contributed by atoms with E-state index in [9.17, 15) is 9.59 Å². The molecule has 1 heterocycles. The minimum atomic E-state index is -0.155. The van der Waals surface area contributed by atoms with Gasteiger partial charge in [-0.3, -0.25) is 9.59 Å². The van der Waals surface area contributed by atoms with Crippen molar-refractivity contribution in [3.05, 3.63) is 88.0 Å². The Balaban J connectivity index is 1.52. The Kier molecular flexibility index (Phi) is 4.79. The van der Waals surface area contributed by atoms with Crippen molar-refractivity contribution in [1.82, 2.24) is 8.75 Å². The number of hydrogen-bond donors (Lipinski definition) is 0. The maximum Gasteiger partial charge on any atom is 0.196 e. The molecule has 3 aromatic carbocycles. The Morgan fingerprint density at radius 2 is 1.48 bits per heavy atom. The molecule has 0 saturated carbocycles. The molecule has 5 rings (SSSR count). The quantitative estimate of drug-likeness (QED) is 0.317. The largest absolute Gasteiger partial charge is 0.289 e. The molecule has 0 amide bonds. The Morgan fingerprint density at radius 3 is 2.16 bits per heavy atom. The van der Waals surface area contributed by atoms with Crippen LogP contribution >= 0.6 is 23.5 Å². The van der Waals surface area contributed by atoms with E-state index in [0.717, 1.165) is 22.4 Å². The Bertz CT molecular complexity index is 1350. The van der Waals surface area contributed by atoms with Crippen LogP contribution < -0.4 is 0 Å². The van der Waals surface area contributed by atoms with Crippen LogP contribution in [0.2, 0.25) is 0 Å². The summed E-state index contributed by atoms with van der Waals surface area (Å²) >= 11 is 2.69. The zero-order chi connectivity index (χ0) is 21.8. The monoisotopic (exact) mass is 444 g/mol. The van der Waals surface area contributed by atoms with Crippen LogP contribution in [0.5, 0.6) is 0 Å². The molecule has 0 radical (unpaired) electrons. The van der Waals surface area contributed by atoms with E-state index in [2.05, 4.69) is 53.8 Å². The van der Waals surface area contributed by atoms with E-state index in [1.165, 1.54) is 11.1 Å². The number of hydrogen-bond acceptors (Lipinski definition) is 6. The highest BCUT2D eigenvalue weighted by Crippen LogP contribution is 2.38. The third-order valence-corrected chi connectivity index (χ3v) is 7.23. The smallest absolute Gasteiger partial charge is 0.196 e. The SMILES string of the molecule is CC(C)(C)c1ccc(CSc2cc3c(c4nsnc24)C(=O)c2ccccc2C3=O)cc1. The molecule has 0 unspecified atom stereocenters. The number of rotatable bonds is 3. The molecule has 1 aliphatic carbocycles. The van der Waals surface area contributed by atoms with Gasteiger partial charge in [0.25, 0.3) is 0 Å². The van der Waals surface area contributed by atoms with Crippen molar-refractivity contribution in [3.8, 4) is 0 Å². The molecule has 0 saturated heterocycles. The van der Waals surface area contributed by atoms with Crippen molar-refractivity contribution >= 4 is 46.1 Å². The maximum atomic E-state index is 13.2. The summed E-state index contributed by atoms with van der Waals surface area (Å²) in [6.07, 6.45) is 0. The van der Waals surface area contributed by atoms with Crippen LogP contribution in [0.15, 0.2) is 59.5 Å². The highest BCUT2D eigenvalue weighted by molar-refractivity contribution is 7.98. The van der Waals surface area contributed by atoms with Gasteiger partial charge in [0, 0.05) is 27.3 Å². The number of fused-ring (bicyclic) bond motifs is 4. The third-order valence-electron chi connectivity index (χ3n) is 5.61. The molecule has 6 heteroatoms. The minimum absolute atomic E-state index is 0.117. The lowest BCUT2D eigenvalue weighted by atomic mass is 9.83. The molecule has 0 N–H and O–H groups in total. The molecular formula is C25H20N2O2S2. The summed E-state index contributed by atoms with van der Waals surface area (Å²) in [6, 6.07) is 17.4. The second kappa shape index (κ2) is 7.39. The summed E-state index contributed by atoms with van der Waals surface area (Å²) in [7, 11) is 0. The fourth-order valence-corrected chi connectivity index (χ4v) is 5.47. The van der Waals surface area contributed by atoms with Crippen molar-refractivity contribution in [1.29, 1.82) is 0 Å². The predicted molar refractivity (Wildman–Crippen MR) is 125 cm³/mol. The highest BCUT2D eigenvalue weighted by atomic mass is 32.2. The van der Waals surface area contributed by atoms with Crippen LogP contribution in [0.1, 0.15) is 63.7 Å². The van der Waals surface area contributed by atoms with Crippen LogP contribution in [-0.2, 0) is 11.2 Å². The molecule has 4 nitrogen and oxygen atoms in total. The van der Waals surface area contributed by atoms with Gasteiger partial charge < -0.3 is 0 Å². The lowest BCUT2D eigenvalue weighted by molar-refractivity contribution is 0.0980. The van der Waals surface area contributed by atoms with Gasteiger partial charge in [0.1, 0.15) is 11.0 Å². The number of carbonyl (C=O) groups is 2. The van der Waals surface area contributed by atoms with Crippen molar-refractivity contribution in [3.63, 3.8) is 0 Å². The van der Waals surface area contributed by atoms with E-state index >= 15 is 0 Å². The molecular weight excluding hydrogens is 424 g/mol. The van der Waals surface area contributed by atoms with E-state index in [-0.39, 0.29) is 17.0 Å².